The number of thioether (sulfide) groups is 1. The van der Waals surface area contributed by atoms with E-state index < -0.39 is 5.54 Å². The van der Waals surface area contributed by atoms with Gasteiger partial charge in [0.25, 0.3) is 0 Å². The molecule has 5 nitrogen and oxygen atoms in total. The van der Waals surface area contributed by atoms with Crippen molar-refractivity contribution >= 4 is 17.7 Å². The van der Waals surface area contributed by atoms with Crippen LogP contribution in [0.25, 0.3) is 0 Å². The lowest BCUT2D eigenvalue weighted by molar-refractivity contribution is -0.124. The number of carbonyl (C=O) groups is 1. The molecule has 0 bridgehead atoms. The fourth-order valence-corrected chi connectivity index (χ4v) is 3.23. The van der Waals surface area contributed by atoms with Crippen LogP contribution in [0.1, 0.15) is 18.9 Å². The van der Waals surface area contributed by atoms with Crippen molar-refractivity contribution in [2.75, 3.05) is 12.3 Å². The highest BCUT2D eigenvalue weighted by atomic mass is 32.2. The van der Waals surface area contributed by atoms with Crippen LogP contribution in [0.3, 0.4) is 0 Å². The number of aromatic nitrogens is 2. The number of likely N-dealkylation sites (N-methyl/N-ethyl adjacent to an activating group) is 1. The summed E-state index contributed by atoms with van der Waals surface area (Å²) in [5.74, 6) is 0.383. The molecule has 0 fully saturated rings. The van der Waals surface area contributed by atoms with Crippen LogP contribution in [0.5, 0.6) is 0 Å². The Morgan fingerprint density at radius 2 is 2.19 bits per heavy atom. The van der Waals surface area contributed by atoms with Gasteiger partial charge in [-0.15, -0.1) is 0 Å². The van der Waals surface area contributed by atoms with Gasteiger partial charge < -0.3 is 10.7 Å². The van der Waals surface area contributed by atoms with E-state index in [1.807, 2.05) is 37.3 Å². The zero-order chi connectivity index (χ0) is 15.1. The van der Waals surface area contributed by atoms with E-state index >= 15 is 0 Å². The number of imidazole rings is 1. The minimum Gasteiger partial charge on any atom is -0.368 e. The minimum absolute atomic E-state index is 0.351. The van der Waals surface area contributed by atoms with Crippen molar-refractivity contribution in [2.45, 2.75) is 24.0 Å². The maximum atomic E-state index is 12.1. The summed E-state index contributed by atoms with van der Waals surface area (Å²) >= 11 is 1.58. The monoisotopic (exact) mass is 304 g/mol. The van der Waals surface area contributed by atoms with Crippen LogP contribution in [-0.2, 0) is 10.3 Å². The van der Waals surface area contributed by atoms with E-state index in [0.29, 0.717) is 13.0 Å². The van der Waals surface area contributed by atoms with Crippen molar-refractivity contribution < 1.29 is 4.79 Å². The maximum Gasteiger partial charge on any atom is 0.242 e. The summed E-state index contributed by atoms with van der Waals surface area (Å²) < 4.78 is 0. The van der Waals surface area contributed by atoms with Crippen molar-refractivity contribution in [3.8, 4) is 0 Å². The Morgan fingerprint density at radius 1 is 1.43 bits per heavy atom. The maximum absolute atomic E-state index is 12.1. The summed E-state index contributed by atoms with van der Waals surface area (Å²) in [6.07, 6.45) is 4.10. The first-order chi connectivity index (χ1) is 10.2. The molecule has 1 unspecified atom stereocenters. The van der Waals surface area contributed by atoms with E-state index in [1.165, 1.54) is 0 Å². The second-order valence-corrected chi connectivity index (χ2v) is 5.74. The van der Waals surface area contributed by atoms with Crippen molar-refractivity contribution in [1.29, 1.82) is 0 Å². The van der Waals surface area contributed by atoms with E-state index in [0.717, 1.165) is 16.5 Å². The number of amides is 1. The minimum atomic E-state index is -0.838. The van der Waals surface area contributed by atoms with Crippen LogP contribution in [0.4, 0.5) is 0 Å². The lowest BCUT2D eigenvalue weighted by atomic mass is 9.86. The third-order valence-corrected chi connectivity index (χ3v) is 4.26. The van der Waals surface area contributed by atoms with Gasteiger partial charge in [-0.1, -0.05) is 49.0 Å². The molecule has 1 aromatic carbocycles. The average molecular weight is 304 g/mol. The van der Waals surface area contributed by atoms with Crippen molar-refractivity contribution in [1.82, 2.24) is 15.3 Å². The van der Waals surface area contributed by atoms with Gasteiger partial charge in [0.1, 0.15) is 5.54 Å². The summed E-state index contributed by atoms with van der Waals surface area (Å²) in [5.41, 5.74) is 5.78. The highest BCUT2D eigenvalue weighted by Crippen LogP contribution is 2.28. The first-order valence-corrected chi connectivity index (χ1v) is 7.90. The van der Waals surface area contributed by atoms with Crippen LogP contribution >= 0.6 is 11.8 Å². The molecule has 6 heteroatoms. The second kappa shape index (κ2) is 7.28. The number of benzene rings is 1. The molecule has 21 heavy (non-hydrogen) atoms. The summed E-state index contributed by atoms with van der Waals surface area (Å²) in [4.78, 5) is 19.3. The number of nitrogens with two attached hydrogens (primary N) is 1. The Hall–Kier alpha value is -1.79. The third kappa shape index (κ3) is 3.65. The van der Waals surface area contributed by atoms with Crippen LogP contribution < -0.4 is 11.1 Å². The molecule has 4 N–H and O–H groups in total. The zero-order valence-electron chi connectivity index (χ0n) is 12.0. The Kier molecular flexibility index (Phi) is 5.41. The number of hydrogen-bond donors (Lipinski definition) is 3. The normalized spacial score (nSPS) is 13.8. The second-order valence-electron chi connectivity index (χ2n) is 4.66. The van der Waals surface area contributed by atoms with Crippen molar-refractivity contribution in [3.63, 3.8) is 0 Å². The quantitative estimate of drug-likeness (QED) is 0.650. The third-order valence-electron chi connectivity index (χ3n) is 3.35. The highest BCUT2D eigenvalue weighted by molar-refractivity contribution is 7.99. The summed E-state index contributed by atoms with van der Waals surface area (Å²) in [5, 5.41) is 4.12. The van der Waals surface area contributed by atoms with Gasteiger partial charge >= 0.3 is 0 Å². The van der Waals surface area contributed by atoms with Gasteiger partial charge in [0.05, 0.1) is 0 Å². The van der Waals surface area contributed by atoms with E-state index in [-0.39, 0.29) is 5.91 Å². The predicted molar refractivity (Wildman–Crippen MR) is 84.9 cm³/mol. The van der Waals surface area contributed by atoms with Crippen molar-refractivity contribution in [2.24, 2.45) is 5.73 Å². The molecular weight excluding hydrogens is 284 g/mol. The molecular formula is C15H20N4OS. The average Bonchev–Trinajstić information content (AvgIpc) is 3.00. The SMILES string of the molecule is CCNC(CCSc1ncc[nH]1)(C(N)=O)c1ccccc1. The van der Waals surface area contributed by atoms with Crippen LogP contribution in [0.15, 0.2) is 47.9 Å². The molecule has 0 saturated heterocycles. The Bertz CT molecular complexity index is 558. The van der Waals surface area contributed by atoms with Gasteiger partial charge in [-0.05, 0) is 18.5 Å². The van der Waals surface area contributed by atoms with Gasteiger partial charge in [0, 0.05) is 18.1 Å². The molecule has 1 aromatic heterocycles. The predicted octanol–water partition coefficient (Wildman–Crippen LogP) is 1.88. The highest BCUT2D eigenvalue weighted by Gasteiger charge is 2.37. The van der Waals surface area contributed by atoms with Gasteiger partial charge in [-0.3, -0.25) is 10.1 Å². The Morgan fingerprint density at radius 3 is 2.76 bits per heavy atom. The molecule has 0 radical (unpaired) electrons. The molecule has 1 heterocycles. The number of H-pyrrole nitrogens is 1. The molecule has 2 rings (SSSR count). The first kappa shape index (κ1) is 15.6. The first-order valence-electron chi connectivity index (χ1n) is 6.91. The van der Waals surface area contributed by atoms with Gasteiger partial charge in [0.2, 0.25) is 5.91 Å². The fourth-order valence-electron chi connectivity index (χ4n) is 2.34. The Balaban J connectivity index is 2.16. The van der Waals surface area contributed by atoms with Crippen molar-refractivity contribution in [3.05, 3.63) is 48.3 Å². The van der Waals surface area contributed by atoms with Crippen LogP contribution in [0, 0.1) is 0 Å². The number of nitrogens with one attached hydrogen (secondary N) is 2. The largest absolute Gasteiger partial charge is 0.368 e. The number of rotatable bonds is 8. The number of carbonyl (C=O) groups excluding carboxylic acids is 1. The van der Waals surface area contributed by atoms with E-state index in [4.69, 9.17) is 5.73 Å². The summed E-state index contributed by atoms with van der Waals surface area (Å²) in [6, 6.07) is 9.64. The molecule has 0 saturated carbocycles. The van der Waals surface area contributed by atoms with Gasteiger partial charge in [-0.25, -0.2) is 4.98 Å². The molecule has 0 spiro atoms. The molecule has 0 aliphatic rings. The number of primary amides is 1. The Labute approximate surface area is 128 Å². The zero-order valence-corrected chi connectivity index (χ0v) is 12.8. The number of hydrogen-bond acceptors (Lipinski definition) is 4. The summed E-state index contributed by atoms with van der Waals surface area (Å²) in [7, 11) is 0. The molecule has 2 aromatic rings. The molecule has 112 valence electrons. The molecule has 1 amide bonds. The topological polar surface area (TPSA) is 83.8 Å². The van der Waals surface area contributed by atoms with E-state index in [2.05, 4.69) is 15.3 Å². The van der Waals surface area contributed by atoms with Gasteiger partial charge in [0.15, 0.2) is 5.16 Å². The van der Waals surface area contributed by atoms with Crippen LogP contribution in [0.2, 0.25) is 0 Å². The number of nitrogens with zero attached hydrogens (tertiary/aromatic N) is 1. The molecule has 1 atom stereocenters. The summed E-state index contributed by atoms with van der Waals surface area (Å²) in [6.45, 7) is 2.64. The van der Waals surface area contributed by atoms with E-state index in [1.54, 1.807) is 24.2 Å². The smallest absolute Gasteiger partial charge is 0.242 e. The molecule has 0 aliphatic carbocycles. The van der Waals surface area contributed by atoms with Crippen LogP contribution in [-0.4, -0.2) is 28.2 Å². The lowest BCUT2D eigenvalue weighted by Crippen LogP contribution is -2.53. The number of aromatic amines is 1. The lowest BCUT2D eigenvalue weighted by Gasteiger charge is -2.32. The fraction of sp³-hybridized carbons (Fsp3) is 0.333. The van der Waals surface area contributed by atoms with E-state index in [9.17, 15) is 4.79 Å². The molecule has 0 aliphatic heterocycles. The standard InChI is InChI=1S/C15H20N4OS/c1-2-19-15(13(16)20,12-6-4-3-5-7-12)8-11-21-14-17-9-10-18-14/h3-7,9-10,19H,2,8,11H2,1H3,(H2,16,20)(H,17,18). The van der Waals surface area contributed by atoms with Gasteiger partial charge in [-0.2, -0.15) is 0 Å².